The zero-order valence-electron chi connectivity index (χ0n) is 18.2. The van der Waals surface area contributed by atoms with Crippen LogP contribution in [-0.2, 0) is 25.6 Å². The molecular weight excluding hydrogens is 368 g/mol. The fraction of sp³-hybridized carbons (Fsp3) is 0.652. The maximum Gasteiger partial charge on any atom is 0.323 e. The molecule has 6 nitrogen and oxygen atoms in total. The van der Waals surface area contributed by atoms with Crippen LogP contribution in [0.1, 0.15) is 45.6 Å². The van der Waals surface area contributed by atoms with E-state index in [1.54, 1.807) is 20.8 Å². The fourth-order valence-corrected chi connectivity index (χ4v) is 3.69. The summed E-state index contributed by atoms with van der Waals surface area (Å²) in [5.41, 5.74) is 0.151. The number of esters is 2. The highest BCUT2D eigenvalue weighted by atomic mass is 16.6. The molecule has 1 aromatic rings. The third-order valence-corrected chi connectivity index (χ3v) is 5.57. The monoisotopic (exact) mass is 404 g/mol. The van der Waals surface area contributed by atoms with Crippen LogP contribution < -0.4 is 0 Å². The summed E-state index contributed by atoms with van der Waals surface area (Å²) in [4.78, 5) is 29.6. The van der Waals surface area contributed by atoms with Crippen LogP contribution in [-0.4, -0.2) is 67.7 Å². The van der Waals surface area contributed by atoms with Crippen molar-refractivity contribution in [2.45, 2.75) is 46.6 Å². The highest BCUT2D eigenvalue weighted by Gasteiger charge is 2.43. The predicted octanol–water partition coefficient (Wildman–Crippen LogP) is 3.11. The maximum atomic E-state index is 12.3. The highest BCUT2D eigenvalue weighted by Crippen LogP contribution is 2.28. The van der Waals surface area contributed by atoms with E-state index in [4.69, 9.17) is 9.47 Å². The first kappa shape index (κ1) is 23.4. The Morgan fingerprint density at radius 1 is 0.897 bits per heavy atom. The second kappa shape index (κ2) is 11.9. The molecule has 0 aliphatic carbocycles. The van der Waals surface area contributed by atoms with Gasteiger partial charge in [-0.25, -0.2) is 0 Å². The number of unbranched alkanes of at least 4 members (excludes halogenated alkanes) is 1. The molecule has 1 heterocycles. The minimum atomic E-state index is -1.21. The number of hydrogen-bond donors (Lipinski definition) is 0. The molecule has 2 rings (SSSR count). The molecule has 1 aliphatic heterocycles. The van der Waals surface area contributed by atoms with Gasteiger partial charge in [-0.3, -0.25) is 14.5 Å². The molecule has 1 saturated heterocycles. The molecule has 162 valence electrons. The molecule has 0 N–H and O–H groups in total. The molecule has 29 heavy (non-hydrogen) atoms. The summed E-state index contributed by atoms with van der Waals surface area (Å²) in [5, 5.41) is 0. The third kappa shape index (κ3) is 7.12. The molecule has 6 heteroatoms. The molecule has 0 amide bonds. The molecule has 0 unspecified atom stereocenters. The average molecular weight is 405 g/mol. The zero-order chi connectivity index (χ0) is 21.1. The Kier molecular flexibility index (Phi) is 9.61. The van der Waals surface area contributed by atoms with Crippen molar-refractivity contribution in [1.29, 1.82) is 0 Å². The van der Waals surface area contributed by atoms with E-state index in [0.29, 0.717) is 6.42 Å². The van der Waals surface area contributed by atoms with Gasteiger partial charge in [0.25, 0.3) is 0 Å². The quantitative estimate of drug-likeness (QED) is 0.321. The van der Waals surface area contributed by atoms with E-state index in [2.05, 4.69) is 40.1 Å². The molecular formula is C23H36N2O4. The van der Waals surface area contributed by atoms with Crippen molar-refractivity contribution in [3.05, 3.63) is 35.9 Å². The van der Waals surface area contributed by atoms with Crippen LogP contribution in [0.25, 0.3) is 0 Å². The minimum Gasteiger partial charge on any atom is -0.465 e. The van der Waals surface area contributed by atoms with E-state index in [1.807, 2.05) is 0 Å². The Bertz CT molecular complexity index is 609. The van der Waals surface area contributed by atoms with Crippen LogP contribution in [0.2, 0.25) is 0 Å². The van der Waals surface area contributed by atoms with Crippen LogP contribution in [0.5, 0.6) is 0 Å². The summed E-state index contributed by atoms with van der Waals surface area (Å²) < 4.78 is 10.3. The van der Waals surface area contributed by atoms with Gasteiger partial charge in [0.15, 0.2) is 5.41 Å². The normalized spacial score (nSPS) is 15.8. The molecule has 0 aromatic heterocycles. The number of ether oxygens (including phenoxy) is 2. The van der Waals surface area contributed by atoms with Crippen molar-refractivity contribution in [3.8, 4) is 0 Å². The number of hydrogen-bond acceptors (Lipinski definition) is 6. The third-order valence-electron chi connectivity index (χ3n) is 5.57. The van der Waals surface area contributed by atoms with Crippen molar-refractivity contribution in [2.24, 2.45) is 5.41 Å². The topological polar surface area (TPSA) is 59.1 Å². The summed E-state index contributed by atoms with van der Waals surface area (Å²) in [7, 11) is 0. The van der Waals surface area contributed by atoms with Crippen LogP contribution in [0.4, 0.5) is 0 Å². The van der Waals surface area contributed by atoms with E-state index in [1.165, 1.54) is 5.56 Å². The lowest BCUT2D eigenvalue weighted by molar-refractivity contribution is -0.171. The summed E-state index contributed by atoms with van der Waals surface area (Å²) in [6.45, 7) is 11.9. The number of benzene rings is 1. The van der Waals surface area contributed by atoms with E-state index in [-0.39, 0.29) is 13.2 Å². The number of rotatable bonds is 11. The number of carbonyl (C=O) groups is 2. The Morgan fingerprint density at radius 3 is 2.00 bits per heavy atom. The van der Waals surface area contributed by atoms with Gasteiger partial charge in [0.2, 0.25) is 0 Å². The Morgan fingerprint density at radius 2 is 1.45 bits per heavy atom. The van der Waals surface area contributed by atoms with Gasteiger partial charge < -0.3 is 14.4 Å². The molecule has 0 spiro atoms. The Labute approximate surface area is 175 Å². The van der Waals surface area contributed by atoms with Crippen molar-refractivity contribution < 1.29 is 19.1 Å². The van der Waals surface area contributed by atoms with E-state index in [0.717, 1.165) is 52.1 Å². The summed E-state index contributed by atoms with van der Waals surface area (Å²) >= 11 is 0. The first-order chi connectivity index (χ1) is 14.0. The Balaban J connectivity index is 1.72. The standard InChI is InChI=1S/C23H36N2O4/c1-4-28-21(26)23(3,22(27)29-5-2)13-9-10-14-24-15-17-25(18-16-24)19-20-11-7-6-8-12-20/h6-8,11-12H,4-5,9-10,13-19H2,1-3H3. The van der Waals surface area contributed by atoms with Crippen LogP contribution in [0.3, 0.4) is 0 Å². The SMILES string of the molecule is CCOC(=O)C(C)(CCCCN1CCN(Cc2ccccc2)CC1)C(=O)OCC. The summed E-state index contributed by atoms with van der Waals surface area (Å²) in [6, 6.07) is 10.6. The summed E-state index contributed by atoms with van der Waals surface area (Å²) in [5.74, 6) is -0.957. The molecule has 0 radical (unpaired) electrons. The molecule has 0 saturated carbocycles. The maximum absolute atomic E-state index is 12.3. The van der Waals surface area contributed by atoms with Gasteiger partial charge in [-0.05, 0) is 45.7 Å². The lowest BCUT2D eigenvalue weighted by atomic mass is 9.84. The Hall–Kier alpha value is -1.92. The minimum absolute atomic E-state index is 0.265. The van der Waals surface area contributed by atoms with Gasteiger partial charge >= 0.3 is 11.9 Å². The highest BCUT2D eigenvalue weighted by molar-refractivity contribution is 5.99. The molecule has 1 aliphatic rings. The second-order valence-electron chi connectivity index (χ2n) is 7.83. The first-order valence-corrected chi connectivity index (χ1v) is 10.8. The van der Waals surface area contributed by atoms with E-state index < -0.39 is 17.4 Å². The second-order valence-corrected chi connectivity index (χ2v) is 7.83. The van der Waals surface area contributed by atoms with Crippen LogP contribution in [0, 0.1) is 5.41 Å². The van der Waals surface area contributed by atoms with Crippen molar-refractivity contribution >= 4 is 11.9 Å². The van der Waals surface area contributed by atoms with Crippen LogP contribution in [0.15, 0.2) is 30.3 Å². The fourth-order valence-electron chi connectivity index (χ4n) is 3.69. The first-order valence-electron chi connectivity index (χ1n) is 10.8. The van der Waals surface area contributed by atoms with Gasteiger partial charge in [0, 0.05) is 32.7 Å². The average Bonchev–Trinajstić information content (AvgIpc) is 2.73. The number of nitrogens with zero attached hydrogens (tertiary/aromatic N) is 2. The van der Waals surface area contributed by atoms with Crippen molar-refractivity contribution in [3.63, 3.8) is 0 Å². The smallest absolute Gasteiger partial charge is 0.323 e. The summed E-state index contributed by atoms with van der Waals surface area (Å²) in [6.07, 6.45) is 2.20. The van der Waals surface area contributed by atoms with Gasteiger partial charge in [-0.15, -0.1) is 0 Å². The van der Waals surface area contributed by atoms with E-state index in [9.17, 15) is 9.59 Å². The van der Waals surface area contributed by atoms with Crippen LogP contribution >= 0.6 is 0 Å². The zero-order valence-corrected chi connectivity index (χ0v) is 18.2. The van der Waals surface area contributed by atoms with E-state index >= 15 is 0 Å². The van der Waals surface area contributed by atoms with Crippen molar-refractivity contribution in [2.75, 3.05) is 45.9 Å². The lowest BCUT2D eigenvalue weighted by Crippen LogP contribution is -2.46. The molecule has 1 aromatic carbocycles. The van der Waals surface area contributed by atoms with Gasteiger partial charge in [0.05, 0.1) is 13.2 Å². The largest absolute Gasteiger partial charge is 0.465 e. The predicted molar refractivity (Wildman–Crippen MR) is 113 cm³/mol. The van der Waals surface area contributed by atoms with Crippen molar-refractivity contribution in [1.82, 2.24) is 9.80 Å². The molecule has 0 bridgehead atoms. The van der Waals surface area contributed by atoms with Gasteiger partial charge in [0.1, 0.15) is 0 Å². The lowest BCUT2D eigenvalue weighted by Gasteiger charge is -2.35. The number of carbonyl (C=O) groups excluding carboxylic acids is 2. The molecule has 1 fully saturated rings. The van der Waals surface area contributed by atoms with Gasteiger partial charge in [-0.1, -0.05) is 36.8 Å². The molecule has 0 atom stereocenters. The number of piperazine rings is 1. The van der Waals surface area contributed by atoms with Gasteiger partial charge in [-0.2, -0.15) is 0 Å².